The first-order valence-corrected chi connectivity index (χ1v) is 6.39. The number of allylic oxidation sites excluding steroid dienone is 1. The third-order valence-corrected chi connectivity index (χ3v) is 2.95. The van der Waals surface area contributed by atoms with E-state index in [0.29, 0.717) is 0 Å². The first-order valence-electron chi connectivity index (χ1n) is 6.39. The standard InChI is InChI=1S/C17H13F3O/c18-17(19,20)15-11-9-14(10-12-15)16(21)8-4-7-13-5-2-1-3-6-13/h1-7,9-12H,8H2/b7-4+. The second-order valence-electron chi connectivity index (χ2n) is 4.52. The number of alkyl halides is 3. The lowest BCUT2D eigenvalue weighted by atomic mass is 10.1. The van der Waals surface area contributed by atoms with Crippen LogP contribution in [0, 0.1) is 0 Å². The van der Waals surface area contributed by atoms with Crippen molar-refractivity contribution in [3.63, 3.8) is 0 Å². The molecule has 0 heterocycles. The smallest absolute Gasteiger partial charge is 0.294 e. The fourth-order valence-corrected chi connectivity index (χ4v) is 1.83. The van der Waals surface area contributed by atoms with Crippen LogP contribution in [0.15, 0.2) is 60.7 Å². The van der Waals surface area contributed by atoms with E-state index in [1.165, 1.54) is 12.1 Å². The number of benzene rings is 2. The minimum atomic E-state index is -4.38. The van der Waals surface area contributed by atoms with Gasteiger partial charge in [0.2, 0.25) is 0 Å². The lowest BCUT2D eigenvalue weighted by Crippen LogP contribution is -2.05. The Morgan fingerprint density at radius 2 is 1.57 bits per heavy atom. The topological polar surface area (TPSA) is 17.1 Å². The highest BCUT2D eigenvalue weighted by Crippen LogP contribution is 2.29. The Kier molecular flexibility index (Phi) is 4.58. The summed E-state index contributed by atoms with van der Waals surface area (Å²) in [7, 11) is 0. The molecule has 0 radical (unpaired) electrons. The van der Waals surface area contributed by atoms with Crippen molar-refractivity contribution in [2.45, 2.75) is 12.6 Å². The van der Waals surface area contributed by atoms with Crippen molar-refractivity contribution >= 4 is 11.9 Å². The maximum absolute atomic E-state index is 12.4. The van der Waals surface area contributed by atoms with Crippen LogP contribution >= 0.6 is 0 Å². The molecule has 0 atom stereocenters. The predicted molar refractivity (Wildman–Crippen MR) is 75.9 cm³/mol. The van der Waals surface area contributed by atoms with Gasteiger partial charge in [-0.15, -0.1) is 0 Å². The average Bonchev–Trinajstić information content (AvgIpc) is 2.47. The number of Topliss-reactive ketones (excluding diaryl/α,β-unsaturated/α-hetero) is 1. The maximum atomic E-state index is 12.4. The summed E-state index contributed by atoms with van der Waals surface area (Å²) in [5, 5.41) is 0. The first-order chi connectivity index (χ1) is 9.97. The summed E-state index contributed by atoms with van der Waals surface area (Å²) >= 11 is 0. The number of carbonyl (C=O) groups excluding carboxylic acids is 1. The molecule has 0 unspecified atom stereocenters. The lowest BCUT2D eigenvalue weighted by molar-refractivity contribution is -0.137. The Balaban J connectivity index is 1.99. The molecule has 0 aliphatic carbocycles. The maximum Gasteiger partial charge on any atom is 0.416 e. The molecule has 0 N–H and O–H groups in total. The van der Waals surface area contributed by atoms with E-state index in [9.17, 15) is 18.0 Å². The molecule has 1 nitrogen and oxygen atoms in total. The molecule has 0 saturated carbocycles. The van der Waals surface area contributed by atoms with Crippen LogP contribution in [0.2, 0.25) is 0 Å². The zero-order valence-corrected chi connectivity index (χ0v) is 11.1. The van der Waals surface area contributed by atoms with Crippen LogP contribution in [0.4, 0.5) is 13.2 Å². The van der Waals surface area contributed by atoms with Gasteiger partial charge in [-0.1, -0.05) is 54.6 Å². The SMILES string of the molecule is O=C(C/C=C/c1ccccc1)c1ccc(C(F)(F)F)cc1. The van der Waals surface area contributed by atoms with Gasteiger partial charge in [-0.3, -0.25) is 4.79 Å². The predicted octanol–water partition coefficient (Wildman–Crippen LogP) is 4.99. The van der Waals surface area contributed by atoms with Crippen LogP contribution in [-0.2, 0) is 6.18 Å². The van der Waals surface area contributed by atoms with E-state index in [0.717, 1.165) is 17.7 Å². The molecule has 4 heteroatoms. The van der Waals surface area contributed by atoms with Gasteiger partial charge >= 0.3 is 6.18 Å². The summed E-state index contributed by atoms with van der Waals surface area (Å²) in [4.78, 5) is 11.9. The van der Waals surface area contributed by atoms with E-state index in [4.69, 9.17) is 0 Å². The summed E-state index contributed by atoms with van der Waals surface area (Å²) < 4.78 is 37.2. The summed E-state index contributed by atoms with van der Waals surface area (Å²) in [5.74, 6) is -0.212. The normalized spacial score (nSPS) is 11.8. The van der Waals surface area contributed by atoms with E-state index in [1.54, 1.807) is 6.08 Å². The first kappa shape index (κ1) is 15.0. The van der Waals surface area contributed by atoms with Crippen LogP contribution in [0.25, 0.3) is 6.08 Å². The molecule has 2 aromatic carbocycles. The molecule has 0 amide bonds. The fraction of sp³-hybridized carbons (Fsp3) is 0.118. The van der Waals surface area contributed by atoms with Crippen molar-refractivity contribution in [1.29, 1.82) is 0 Å². The number of hydrogen-bond donors (Lipinski definition) is 0. The number of hydrogen-bond acceptors (Lipinski definition) is 1. The highest BCUT2D eigenvalue weighted by Gasteiger charge is 2.30. The van der Waals surface area contributed by atoms with Gasteiger partial charge < -0.3 is 0 Å². The third-order valence-electron chi connectivity index (χ3n) is 2.95. The second-order valence-corrected chi connectivity index (χ2v) is 4.52. The van der Waals surface area contributed by atoms with Crippen LogP contribution in [0.3, 0.4) is 0 Å². The summed E-state index contributed by atoms with van der Waals surface area (Å²) in [6, 6.07) is 13.7. The third kappa shape index (κ3) is 4.31. The highest BCUT2D eigenvalue weighted by atomic mass is 19.4. The van der Waals surface area contributed by atoms with E-state index in [-0.39, 0.29) is 17.8 Å². The molecule has 21 heavy (non-hydrogen) atoms. The van der Waals surface area contributed by atoms with Crippen molar-refractivity contribution in [2.75, 3.05) is 0 Å². The largest absolute Gasteiger partial charge is 0.416 e. The van der Waals surface area contributed by atoms with E-state index >= 15 is 0 Å². The Bertz CT molecular complexity index is 625. The molecule has 108 valence electrons. The Morgan fingerprint density at radius 1 is 0.952 bits per heavy atom. The lowest BCUT2D eigenvalue weighted by Gasteiger charge is -2.06. The zero-order chi connectivity index (χ0) is 15.3. The monoisotopic (exact) mass is 290 g/mol. The van der Waals surface area contributed by atoms with E-state index in [2.05, 4.69) is 0 Å². The van der Waals surface area contributed by atoms with Gasteiger partial charge in [0.1, 0.15) is 0 Å². The van der Waals surface area contributed by atoms with Crippen molar-refractivity contribution in [3.05, 3.63) is 77.4 Å². The van der Waals surface area contributed by atoms with Crippen molar-refractivity contribution in [3.8, 4) is 0 Å². The average molecular weight is 290 g/mol. The van der Waals surface area contributed by atoms with Gasteiger partial charge in [-0.05, 0) is 17.7 Å². The molecule has 2 rings (SSSR count). The minimum absolute atomic E-state index is 0.153. The molecule has 0 bridgehead atoms. The van der Waals surface area contributed by atoms with Crippen LogP contribution in [0.1, 0.15) is 27.9 Å². The molecule has 0 spiro atoms. The van der Waals surface area contributed by atoms with Crippen LogP contribution in [0.5, 0.6) is 0 Å². The van der Waals surface area contributed by atoms with Crippen LogP contribution in [-0.4, -0.2) is 5.78 Å². The van der Waals surface area contributed by atoms with Gasteiger partial charge in [0, 0.05) is 12.0 Å². The summed E-state index contributed by atoms with van der Waals surface area (Å²) in [5.41, 5.74) is 0.498. The highest BCUT2D eigenvalue weighted by molar-refractivity contribution is 5.97. The Morgan fingerprint density at radius 3 is 2.14 bits per heavy atom. The van der Waals surface area contributed by atoms with Crippen LogP contribution < -0.4 is 0 Å². The molecular weight excluding hydrogens is 277 g/mol. The molecule has 0 aliphatic rings. The van der Waals surface area contributed by atoms with Crippen molar-refractivity contribution in [2.24, 2.45) is 0 Å². The molecule has 0 saturated heterocycles. The quantitative estimate of drug-likeness (QED) is 0.725. The number of halogens is 3. The van der Waals surface area contributed by atoms with Gasteiger partial charge in [-0.25, -0.2) is 0 Å². The van der Waals surface area contributed by atoms with Gasteiger partial charge in [0.15, 0.2) is 5.78 Å². The zero-order valence-electron chi connectivity index (χ0n) is 11.1. The second kappa shape index (κ2) is 6.39. The Labute approximate surface area is 120 Å². The molecule has 0 aliphatic heterocycles. The Hall–Kier alpha value is -2.36. The van der Waals surface area contributed by atoms with Crippen molar-refractivity contribution < 1.29 is 18.0 Å². The molecule has 0 fully saturated rings. The van der Waals surface area contributed by atoms with E-state index in [1.807, 2.05) is 36.4 Å². The van der Waals surface area contributed by atoms with Gasteiger partial charge in [-0.2, -0.15) is 13.2 Å². The summed E-state index contributed by atoms with van der Waals surface area (Å²) in [6.07, 6.45) is -0.716. The molecular formula is C17H13F3O. The van der Waals surface area contributed by atoms with Gasteiger partial charge in [0.25, 0.3) is 0 Å². The van der Waals surface area contributed by atoms with Crippen molar-refractivity contribution in [1.82, 2.24) is 0 Å². The minimum Gasteiger partial charge on any atom is -0.294 e. The number of carbonyl (C=O) groups is 1. The summed E-state index contributed by atoms with van der Waals surface area (Å²) in [6.45, 7) is 0. The molecule has 2 aromatic rings. The van der Waals surface area contributed by atoms with Gasteiger partial charge in [0.05, 0.1) is 5.56 Å². The number of rotatable bonds is 4. The fourth-order valence-electron chi connectivity index (χ4n) is 1.83. The molecule has 0 aromatic heterocycles. The number of ketones is 1. The van der Waals surface area contributed by atoms with E-state index < -0.39 is 11.7 Å².